The maximum Gasteiger partial charge on any atom is 0.372 e. The Morgan fingerprint density at radius 3 is 3.00 bits per heavy atom. The lowest BCUT2D eigenvalue weighted by Gasteiger charge is -2.17. The van der Waals surface area contributed by atoms with Crippen LogP contribution in [0.1, 0.15) is 6.42 Å². The summed E-state index contributed by atoms with van der Waals surface area (Å²) < 4.78 is 4.89. The van der Waals surface area contributed by atoms with E-state index in [0.717, 1.165) is 6.42 Å². The topological polar surface area (TPSA) is 102 Å². The molecule has 18 heavy (non-hydrogen) atoms. The van der Waals surface area contributed by atoms with Gasteiger partial charge in [-0.3, -0.25) is 10.1 Å². The quantitative estimate of drug-likeness (QED) is 0.605. The molecule has 8 nitrogen and oxygen atoms in total. The minimum Gasteiger partial charge on any atom is -0.476 e. The Morgan fingerprint density at radius 2 is 2.44 bits per heavy atom. The Bertz CT molecular complexity index is 454. The van der Waals surface area contributed by atoms with Gasteiger partial charge in [0.2, 0.25) is 5.82 Å². The van der Waals surface area contributed by atoms with Crippen molar-refractivity contribution in [2.75, 3.05) is 31.7 Å². The van der Waals surface area contributed by atoms with E-state index in [1.807, 2.05) is 0 Å². The monoisotopic (exact) mass is 254 g/mol. The molecule has 2 rings (SSSR count). The first-order valence-corrected chi connectivity index (χ1v) is 5.56. The Hall–Kier alpha value is -1.96. The molecule has 0 spiro atoms. The van der Waals surface area contributed by atoms with E-state index < -0.39 is 4.92 Å². The Labute approximate surface area is 103 Å². The number of hydrogen-bond donors (Lipinski definition) is 1. The summed E-state index contributed by atoms with van der Waals surface area (Å²) in [6, 6.07) is 0. The molecular weight excluding hydrogens is 240 g/mol. The molecule has 0 saturated carbocycles. The molecule has 1 aliphatic heterocycles. The van der Waals surface area contributed by atoms with E-state index in [1.165, 1.54) is 13.4 Å². The molecule has 8 heteroatoms. The van der Waals surface area contributed by atoms with Crippen LogP contribution in [0.2, 0.25) is 0 Å². The van der Waals surface area contributed by atoms with Crippen LogP contribution in [0.4, 0.5) is 11.5 Å². The number of nitrogens with zero attached hydrogens (tertiary/aromatic N) is 4. The van der Waals surface area contributed by atoms with E-state index in [-0.39, 0.29) is 29.9 Å². The fraction of sp³-hybridized carbons (Fsp3) is 0.600. The number of ether oxygens (including phenoxy) is 1. The van der Waals surface area contributed by atoms with Crippen LogP contribution in [-0.2, 0) is 0 Å². The van der Waals surface area contributed by atoms with Crippen LogP contribution in [0.5, 0.6) is 5.88 Å². The second kappa shape index (κ2) is 5.13. The highest BCUT2D eigenvalue weighted by Crippen LogP contribution is 2.35. The third kappa shape index (κ3) is 2.19. The molecule has 1 saturated heterocycles. The number of nitro groups is 1. The highest BCUT2D eigenvalue weighted by atomic mass is 16.6. The Morgan fingerprint density at radius 1 is 1.67 bits per heavy atom. The summed E-state index contributed by atoms with van der Waals surface area (Å²) in [7, 11) is 1.33. The molecule has 0 bridgehead atoms. The van der Waals surface area contributed by atoms with E-state index in [0.29, 0.717) is 13.1 Å². The van der Waals surface area contributed by atoms with Crippen molar-refractivity contribution >= 4 is 11.5 Å². The van der Waals surface area contributed by atoms with E-state index in [2.05, 4.69) is 9.97 Å². The average Bonchev–Trinajstić information content (AvgIpc) is 2.86. The van der Waals surface area contributed by atoms with Gasteiger partial charge in [0.15, 0.2) is 0 Å². The zero-order valence-electron chi connectivity index (χ0n) is 9.94. The number of methoxy groups -OCH3 is 1. The normalized spacial score (nSPS) is 19.0. The SMILES string of the molecule is COc1ncnc(N2CCC(CO)C2)c1[N+](=O)[O-]. The average molecular weight is 254 g/mol. The minimum absolute atomic E-state index is 0.0440. The largest absolute Gasteiger partial charge is 0.476 e. The third-order valence-corrected chi connectivity index (χ3v) is 2.99. The van der Waals surface area contributed by atoms with Crippen molar-refractivity contribution in [2.24, 2.45) is 5.92 Å². The molecule has 1 fully saturated rings. The molecule has 0 aromatic carbocycles. The molecular formula is C10H14N4O4. The molecule has 0 amide bonds. The van der Waals surface area contributed by atoms with Gasteiger partial charge in [-0.15, -0.1) is 0 Å². The standard InChI is InChI=1S/C10H14N4O4/c1-18-10-8(14(16)17)9(11-6-12-10)13-3-2-7(4-13)5-15/h6-7,15H,2-5H2,1H3. The maximum atomic E-state index is 11.1. The van der Waals surface area contributed by atoms with Gasteiger partial charge < -0.3 is 14.7 Å². The Balaban J connectivity index is 2.36. The molecule has 1 aromatic rings. The lowest BCUT2D eigenvalue weighted by atomic mass is 10.1. The summed E-state index contributed by atoms with van der Waals surface area (Å²) >= 11 is 0. The van der Waals surface area contributed by atoms with Crippen LogP contribution in [-0.4, -0.2) is 46.8 Å². The van der Waals surface area contributed by atoms with Crippen molar-refractivity contribution in [3.63, 3.8) is 0 Å². The second-order valence-electron chi connectivity index (χ2n) is 4.10. The fourth-order valence-electron chi connectivity index (χ4n) is 2.07. The van der Waals surface area contributed by atoms with Gasteiger partial charge >= 0.3 is 5.69 Å². The summed E-state index contributed by atoms with van der Waals surface area (Å²) in [4.78, 5) is 20.0. The predicted molar refractivity (Wildman–Crippen MR) is 62.6 cm³/mol. The van der Waals surface area contributed by atoms with Gasteiger partial charge in [0.1, 0.15) is 6.33 Å². The van der Waals surface area contributed by atoms with Crippen molar-refractivity contribution in [1.82, 2.24) is 9.97 Å². The molecule has 1 atom stereocenters. The highest BCUT2D eigenvalue weighted by Gasteiger charge is 2.32. The highest BCUT2D eigenvalue weighted by molar-refractivity contribution is 5.63. The number of aliphatic hydroxyl groups excluding tert-OH is 1. The predicted octanol–water partition coefficient (Wildman–Crippen LogP) is 0.212. The third-order valence-electron chi connectivity index (χ3n) is 2.99. The van der Waals surface area contributed by atoms with Crippen LogP contribution in [0.25, 0.3) is 0 Å². The van der Waals surface area contributed by atoms with Gasteiger partial charge in [0.25, 0.3) is 5.88 Å². The van der Waals surface area contributed by atoms with E-state index in [9.17, 15) is 10.1 Å². The van der Waals surface area contributed by atoms with Crippen LogP contribution in [0.3, 0.4) is 0 Å². The van der Waals surface area contributed by atoms with Crippen molar-refractivity contribution < 1.29 is 14.8 Å². The first-order chi connectivity index (χ1) is 8.67. The first kappa shape index (κ1) is 12.5. The van der Waals surface area contributed by atoms with Crippen LogP contribution in [0, 0.1) is 16.0 Å². The van der Waals surface area contributed by atoms with Gasteiger partial charge in [-0.1, -0.05) is 0 Å². The fourth-order valence-corrected chi connectivity index (χ4v) is 2.07. The van der Waals surface area contributed by atoms with Gasteiger partial charge in [-0.2, -0.15) is 4.98 Å². The molecule has 98 valence electrons. The summed E-state index contributed by atoms with van der Waals surface area (Å²) in [5, 5.41) is 20.2. The van der Waals surface area contributed by atoms with E-state index >= 15 is 0 Å². The Kier molecular flexibility index (Phi) is 3.56. The van der Waals surface area contributed by atoms with Crippen molar-refractivity contribution in [1.29, 1.82) is 0 Å². The van der Waals surface area contributed by atoms with Gasteiger partial charge in [-0.05, 0) is 6.42 Å². The first-order valence-electron chi connectivity index (χ1n) is 5.56. The minimum atomic E-state index is -0.541. The van der Waals surface area contributed by atoms with Crippen LogP contribution >= 0.6 is 0 Å². The van der Waals surface area contributed by atoms with E-state index in [4.69, 9.17) is 9.84 Å². The molecule has 1 aliphatic rings. The summed E-state index contributed by atoms with van der Waals surface area (Å²) in [6.07, 6.45) is 2.04. The number of hydrogen-bond acceptors (Lipinski definition) is 7. The van der Waals surface area contributed by atoms with Crippen LogP contribution in [0.15, 0.2) is 6.33 Å². The van der Waals surface area contributed by atoms with Gasteiger partial charge in [0, 0.05) is 25.6 Å². The van der Waals surface area contributed by atoms with Crippen molar-refractivity contribution in [3.8, 4) is 5.88 Å². The smallest absolute Gasteiger partial charge is 0.372 e. The van der Waals surface area contributed by atoms with Crippen molar-refractivity contribution in [2.45, 2.75) is 6.42 Å². The number of anilines is 1. The lowest BCUT2D eigenvalue weighted by molar-refractivity contribution is -0.385. The number of aliphatic hydroxyl groups is 1. The maximum absolute atomic E-state index is 11.1. The number of aromatic nitrogens is 2. The van der Waals surface area contributed by atoms with Crippen LogP contribution < -0.4 is 9.64 Å². The van der Waals surface area contributed by atoms with Gasteiger partial charge in [0.05, 0.1) is 12.0 Å². The summed E-state index contributed by atoms with van der Waals surface area (Å²) in [6.45, 7) is 1.26. The molecule has 0 aliphatic carbocycles. The summed E-state index contributed by atoms with van der Waals surface area (Å²) in [5.74, 6) is 0.339. The lowest BCUT2D eigenvalue weighted by Crippen LogP contribution is -2.23. The second-order valence-corrected chi connectivity index (χ2v) is 4.10. The molecule has 2 heterocycles. The van der Waals surface area contributed by atoms with Gasteiger partial charge in [-0.25, -0.2) is 4.98 Å². The van der Waals surface area contributed by atoms with E-state index in [1.54, 1.807) is 4.90 Å². The van der Waals surface area contributed by atoms with Crippen molar-refractivity contribution in [3.05, 3.63) is 16.4 Å². The molecule has 1 aromatic heterocycles. The summed E-state index contributed by atoms with van der Waals surface area (Å²) in [5.41, 5.74) is -0.224. The molecule has 0 radical (unpaired) electrons. The zero-order chi connectivity index (χ0) is 13.1. The molecule has 1 unspecified atom stereocenters. The number of rotatable bonds is 4. The zero-order valence-corrected chi connectivity index (χ0v) is 9.94. The molecule has 1 N–H and O–H groups in total.